The summed E-state index contributed by atoms with van der Waals surface area (Å²) in [6.07, 6.45) is 0. The van der Waals surface area contributed by atoms with Crippen molar-refractivity contribution in [3.8, 4) is 0 Å². The van der Waals surface area contributed by atoms with Crippen molar-refractivity contribution >= 4 is 27.4 Å². The van der Waals surface area contributed by atoms with Crippen LogP contribution in [-0.2, 0) is 19.4 Å². The summed E-state index contributed by atoms with van der Waals surface area (Å²) in [6, 6.07) is 2.85. The maximum atomic E-state index is 13.0. The van der Waals surface area contributed by atoms with Crippen LogP contribution in [0.3, 0.4) is 0 Å². The molecular weight excluding hydrogens is 285 g/mol. The molecule has 1 unspecified atom stereocenters. The van der Waals surface area contributed by atoms with Gasteiger partial charge in [0, 0.05) is 6.54 Å². The largest absolute Gasteiger partial charge is 0.468 e. The molecule has 100 valence electrons. The summed E-state index contributed by atoms with van der Waals surface area (Å²) in [5.74, 6) is -1.73. The van der Waals surface area contributed by atoms with E-state index in [-0.39, 0.29) is 9.92 Å². The van der Waals surface area contributed by atoms with Crippen molar-refractivity contribution in [2.75, 3.05) is 13.7 Å². The van der Waals surface area contributed by atoms with Gasteiger partial charge >= 0.3 is 5.97 Å². The zero-order valence-corrected chi connectivity index (χ0v) is 11.0. The Labute approximate surface area is 109 Å². The van der Waals surface area contributed by atoms with E-state index in [0.29, 0.717) is 0 Å². The summed E-state index contributed by atoms with van der Waals surface area (Å²) in [4.78, 5) is 11.0. The number of carbonyl (C=O) groups excluding carboxylic acids is 1. The van der Waals surface area contributed by atoms with Crippen molar-refractivity contribution in [2.24, 2.45) is 5.73 Å². The molecule has 8 heteroatoms. The van der Waals surface area contributed by atoms with E-state index in [2.05, 4.69) is 4.74 Å². The molecule has 1 aromatic rings. The van der Waals surface area contributed by atoms with Crippen LogP contribution in [0.25, 0.3) is 0 Å². The highest BCUT2D eigenvalue weighted by atomic mass is 35.5. The monoisotopic (exact) mass is 295 g/mol. The summed E-state index contributed by atoms with van der Waals surface area (Å²) in [5.41, 5.74) is 5.25. The van der Waals surface area contributed by atoms with Gasteiger partial charge in [0.1, 0.15) is 5.82 Å². The number of rotatable bonds is 4. The Morgan fingerprint density at radius 1 is 1.56 bits per heavy atom. The van der Waals surface area contributed by atoms with Crippen LogP contribution in [0, 0.1) is 5.82 Å². The molecule has 0 bridgehead atoms. The third-order valence-electron chi connectivity index (χ3n) is 2.27. The topological polar surface area (TPSA) is 86.5 Å². The highest BCUT2D eigenvalue weighted by molar-refractivity contribution is 7.92. The molecule has 0 aliphatic rings. The zero-order valence-electron chi connectivity index (χ0n) is 9.39. The molecular formula is C10H11ClFNO4S. The van der Waals surface area contributed by atoms with Crippen molar-refractivity contribution in [2.45, 2.75) is 10.1 Å². The number of nitrogens with two attached hydrogens (primary N) is 1. The Morgan fingerprint density at radius 3 is 2.61 bits per heavy atom. The second-order valence-electron chi connectivity index (χ2n) is 3.37. The first-order valence-corrected chi connectivity index (χ1v) is 6.74. The van der Waals surface area contributed by atoms with Crippen LogP contribution in [0.15, 0.2) is 23.1 Å². The second-order valence-corrected chi connectivity index (χ2v) is 5.91. The number of hydrogen-bond acceptors (Lipinski definition) is 5. The number of benzene rings is 1. The Morgan fingerprint density at radius 2 is 2.17 bits per heavy atom. The molecule has 5 nitrogen and oxygen atoms in total. The van der Waals surface area contributed by atoms with Gasteiger partial charge in [-0.15, -0.1) is 0 Å². The van der Waals surface area contributed by atoms with E-state index < -0.39 is 33.4 Å². The van der Waals surface area contributed by atoms with E-state index in [4.69, 9.17) is 17.3 Å². The lowest BCUT2D eigenvalue weighted by molar-refractivity contribution is -0.139. The molecule has 0 aromatic heterocycles. The molecule has 0 radical (unpaired) electrons. The minimum Gasteiger partial charge on any atom is -0.468 e. The van der Waals surface area contributed by atoms with Crippen LogP contribution in [0.4, 0.5) is 4.39 Å². The summed E-state index contributed by atoms with van der Waals surface area (Å²) in [5, 5.41) is -1.89. The molecule has 0 aliphatic carbocycles. The number of hydrogen-bond donors (Lipinski definition) is 1. The van der Waals surface area contributed by atoms with Gasteiger partial charge in [-0.3, -0.25) is 4.79 Å². The maximum Gasteiger partial charge on any atom is 0.325 e. The fourth-order valence-electron chi connectivity index (χ4n) is 1.30. The summed E-state index contributed by atoms with van der Waals surface area (Å²) < 4.78 is 41.4. The number of sulfone groups is 1. The summed E-state index contributed by atoms with van der Waals surface area (Å²) in [7, 11) is -3.00. The average molecular weight is 296 g/mol. The van der Waals surface area contributed by atoms with E-state index in [1.165, 1.54) is 0 Å². The van der Waals surface area contributed by atoms with Crippen molar-refractivity contribution in [3.05, 3.63) is 29.0 Å². The van der Waals surface area contributed by atoms with Crippen LogP contribution in [0.2, 0.25) is 5.02 Å². The van der Waals surface area contributed by atoms with Crippen molar-refractivity contribution < 1.29 is 22.3 Å². The highest BCUT2D eigenvalue weighted by Crippen LogP contribution is 2.22. The molecule has 0 heterocycles. The first-order chi connectivity index (χ1) is 8.34. The van der Waals surface area contributed by atoms with Crippen LogP contribution < -0.4 is 5.73 Å². The average Bonchev–Trinajstić information content (AvgIpc) is 2.32. The van der Waals surface area contributed by atoms with Gasteiger partial charge in [-0.1, -0.05) is 11.6 Å². The molecule has 1 atom stereocenters. The molecule has 1 rings (SSSR count). The molecule has 1 aromatic carbocycles. The number of halogens is 2. The first kappa shape index (κ1) is 14.9. The number of esters is 1. The Balaban J connectivity index is 3.27. The fourth-order valence-corrected chi connectivity index (χ4v) is 3.02. The Kier molecular flexibility index (Phi) is 4.66. The lowest BCUT2D eigenvalue weighted by atomic mass is 10.3. The predicted molar refractivity (Wildman–Crippen MR) is 63.5 cm³/mol. The number of methoxy groups -OCH3 is 1. The van der Waals surface area contributed by atoms with Crippen LogP contribution in [0.1, 0.15) is 0 Å². The van der Waals surface area contributed by atoms with Crippen molar-refractivity contribution in [3.63, 3.8) is 0 Å². The van der Waals surface area contributed by atoms with Gasteiger partial charge in [-0.25, -0.2) is 12.8 Å². The van der Waals surface area contributed by atoms with Crippen molar-refractivity contribution in [1.29, 1.82) is 0 Å². The lowest BCUT2D eigenvalue weighted by Crippen LogP contribution is -2.38. The van der Waals surface area contributed by atoms with Crippen LogP contribution in [0.5, 0.6) is 0 Å². The molecule has 2 N–H and O–H groups in total. The summed E-state index contributed by atoms with van der Waals surface area (Å²) >= 11 is 5.49. The molecule has 18 heavy (non-hydrogen) atoms. The van der Waals surface area contributed by atoms with E-state index in [9.17, 15) is 17.6 Å². The second kappa shape index (κ2) is 5.64. The van der Waals surface area contributed by atoms with Gasteiger partial charge < -0.3 is 10.5 Å². The Hall–Kier alpha value is -1.18. The summed E-state index contributed by atoms with van der Waals surface area (Å²) in [6.45, 7) is -0.440. The van der Waals surface area contributed by atoms with Gasteiger partial charge in [0.2, 0.25) is 0 Å². The SMILES string of the molecule is COC(=O)C(CN)S(=O)(=O)c1ccc(F)c(Cl)c1. The van der Waals surface area contributed by atoms with Crippen molar-refractivity contribution in [1.82, 2.24) is 0 Å². The van der Waals surface area contributed by atoms with Gasteiger partial charge in [0.05, 0.1) is 17.0 Å². The van der Waals surface area contributed by atoms with E-state index in [0.717, 1.165) is 25.3 Å². The standard InChI is InChI=1S/C10H11ClFNO4S/c1-17-10(14)9(5-13)18(15,16)6-2-3-8(12)7(11)4-6/h2-4,9H,5,13H2,1H3. The van der Waals surface area contributed by atoms with E-state index in [1.807, 2.05) is 0 Å². The van der Waals surface area contributed by atoms with Crippen LogP contribution >= 0.6 is 11.6 Å². The van der Waals surface area contributed by atoms with Gasteiger partial charge in [0.15, 0.2) is 15.1 Å². The van der Waals surface area contributed by atoms with E-state index in [1.54, 1.807) is 0 Å². The fraction of sp³-hybridized carbons (Fsp3) is 0.300. The minimum atomic E-state index is -4.05. The molecule has 0 aliphatic heterocycles. The Bertz CT molecular complexity index is 561. The molecule has 0 saturated carbocycles. The van der Waals surface area contributed by atoms with E-state index >= 15 is 0 Å². The van der Waals surface area contributed by atoms with Crippen LogP contribution in [-0.4, -0.2) is 33.3 Å². The normalized spacial score (nSPS) is 13.1. The van der Waals surface area contributed by atoms with Gasteiger partial charge in [-0.2, -0.15) is 0 Å². The molecule has 0 spiro atoms. The van der Waals surface area contributed by atoms with Gasteiger partial charge in [-0.05, 0) is 18.2 Å². The maximum absolute atomic E-state index is 13.0. The quantitative estimate of drug-likeness (QED) is 0.654. The third kappa shape index (κ3) is 2.80. The first-order valence-electron chi connectivity index (χ1n) is 4.81. The number of ether oxygens (including phenoxy) is 1. The highest BCUT2D eigenvalue weighted by Gasteiger charge is 2.34. The lowest BCUT2D eigenvalue weighted by Gasteiger charge is -2.13. The third-order valence-corrected chi connectivity index (χ3v) is 4.61. The predicted octanol–water partition coefficient (Wildman–Crippen LogP) is 0.753. The minimum absolute atomic E-state index is 0.283. The molecule has 0 fully saturated rings. The number of carbonyl (C=O) groups is 1. The van der Waals surface area contributed by atoms with Gasteiger partial charge in [0.25, 0.3) is 0 Å². The molecule has 0 saturated heterocycles. The molecule has 0 amide bonds. The smallest absolute Gasteiger partial charge is 0.325 e. The zero-order chi connectivity index (χ0) is 13.9.